The first-order valence-electron chi connectivity index (χ1n) is 10.6. The predicted octanol–water partition coefficient (Wildman–Crippen LogP) is 4.88. The molecule has 0 spiro atoms. The summed E-state index contributed by atoms with van der Waals surface area (Å²) in [5.41, 5.74) is 2.44. The molecule has 136 valence electrons. The van der Waals surface area contributed by atoms with Crippen molar-refractivity contribution >= 4 is 16.8 Å². The van der Waals surface area contributed by atoms with E-state index in [1.807, 2.05) is 6.20 Å². The van der Waals surface area contributed by atoms with E-state index in [1.54, 1.807) is 0 Å². The van der Waals surface area contributed by atoms with E-state index in [2.05, 4.69) is 34.1 Å². The van der Waals surface area contributed by atoms with Gasteiger partial charge in [-0.25, -0.2) is 0 Å². The van der Waals surface area contributed by atoms with Crippen LogP contribution in [0, 0.1) is 23.2 Å². The highest BCUT2D eigenvalue weighted by atomic mass is 16.2. The molecule has 26 heavy (non-hydrogen) atoms. The largest absolute Gasteiger partial charge is 0.361 e. The fourth-order valence-electron chi connectivity index (χ4n) is 6.82. The molecule has 4 bridgehead atoms. The molecule has 5 aliphatic rings. The van der Waals surface area contributed by atoms with Crippen molar-refractivity contribution in [1.29, 1.82) is 0 Å². The minimum Gasteiger partial charge on any atom is -0.361 e. The van der Waals surface area contributed by atoms with Gasteiger partial charge in [0.15, 0.2) is 0 Å². The second kappa shape index (κ2) is 5.37. The van der Waals surface area contributed by atoms with Crippen LogP contribution in [0.5, 0.6) is 0 Å². The highest BCUT2D eigenvalue weighted by Crippen LogP contribution is 2.61. The van der Waals surface area contributed by atoms with Gasteiger partial charge in [-0.3, -0.25) is 4.79 Å². The molecule has 0 aliphatic heterocycles. The quantitative estimate of drug-likeness (QED) is 0.840. The van der Waals surface area contributed by atoms with Gasteiger partial charge in [-0.05, 0) is 92.2 Å². The first kappa shape index (κ1) is 15.3. The van der Waals surface area contributed by atoms with Crippen LogP contribution in [0.1, 0.15) is 56.9 Å². The van der Waals surface area contributed by atoms with Crippen molar-refractivity contribution < 1.29 is 4.79 Å². The topological polar surface area (TPSA) is 36.1 Å². The minimum atomic E-state index is -0.00608. The van der Waals surface area contributed by atoms with Crippen molar-refractivity contribution in [1.82, 2.24) is 9.88 Å². The Morgan fingerprint density at radius 2 is 1.73 bits per heavy atom. The zero-order valence-electron chi connectivity index (χ0n) is 15.4. The summed E-state index contributed by atoms with van der Waals surface area (Å²) < 4.78 is 0. The number of nitrogens with one attached hydrogen (secondary N) is 1. The zero-order chi connectivity index (χ0) is 17.3. The van der Waals surface area contributed by atoms with Gasteiger partial charge >= 0.3 is 0 Å². The van der Waals surface area contributed by atoms with Crippen molar-refractivity contribution in [2.75, 3.05) is 0 Å². The van der Waals surface area contributed by atoms with E-state index in [9.17, 15) is 4.79 Å². The smallest absolute Gasteiger partial charge is 0.229 e. The van der Waals surface area contributed by atoms with Crippen LogP contribution in [0.15, 0.2) is 30.5 Å². The standard InChI is InChI=1S/C23H28N2O/c26-22(23-11-16-7-17(12-23)9-18(8-16)13-23)25(20-3-4-20)14-15-1-2-19-5-6-24-21(19)10-15/h1-2,5-6,10,16-18,20,24H,3-4,7-9,11-14H2. The lowest BCUT2D eigenvalue weighted by atomic mass is 9.49. The first-order valence-corrected chi connectivity index (χ1v) is 10.6. The molecule has 0 saturated heterocycles. The zero-order valence-corrected chi connectivity index (χ0v) is 15.4. The molecule has 1 heterocycles. The molecular formula is C23H28N2O. The van der Waals surface area contributed by atoms with Crippen molar-refractivity contribution in [3.8, 4) is 0 Å². The number of benzene rings is 1. The number of hydrogen-bond acceptors (Lipinski definition) is 1. The van der Waals surface area contributed by atoms with Gasteiger partial charge in [0, 0.05) is 24.3 Å². The Kier molecular flexibility index (Phi) is 3.16. The molecular weight excluding hydrogens is 320 g/mol. The molecule has 3 nitrogen and oxygen atoms in total. The Labute approximate surface area is 155 Å². The number of carbonyl (C=O) groups excluding carboxylic acids is 1. The highest BCUT2D eigenvalue weighted by Gasteiger charge is 2.56. The highest BCUT2D eigenvalue weighted by molar-refractivity contribution is 5.84. The summed E-state index contributed by atoms with van der Waals surface area (Å²) in [6, 6.07) is 9.23. The van der Waals surface area contributed by atoms with E-state index >= 15 is 0 Å². The monoisotopic (exact) mass is 348 g/mol. The maximum atomic E-state index is 13.8. The summed E-state index contributed by atoms with van der Waals surface area (Å²) in [7, 11) is 0. The molecule has 5 fully saturated rings. The molecule has 5 saturated carbocycles. The lowest BCUT2D eigenvalue weighted by Gasteiger charge is -2.56. The van der Waals surface area contributed by atoms with Crippen molar-refractivity contribution in [2.45, 2.75) is 64.0 Å². The number of H-pyrrole nitrogens is 1. The molecule has 1 amide bonds. The second-order valence-corrected chi connectivity index (χ2v) is 9.76. The number of hydrogen-bond donors (Lipinski definition) is 1. The first-order chi connectivity index (χ1) is 12.7. The van der Waals surface area contributed by atoms with Gasteiger partial charge in [0.2, 0.25) is 5.91 Å². The van der Waals surface area contributed by atoms with E-state index in [0.29, 0.717) is 11.9 Å². The van der Waals surface area contributed by atoms with Crippen LogP contribution in [-0.4, -0.2) is 21.8 Å². The molecule has 7 rings (SSSR count). The van der Waals surface area contributed by atoms with Gasteiger partial charge in [0.25, 0.3) is 0 Å². The molecule has 1 N–H and O–H groups in total. The van der Waals surface area contributed by atoms with Crippen LogP contribution in [0.4, 0.5) is 0 Å². The summed E-state index contributed by atoms with van der Waals surface area (Å²) in [6.07, 6.45) is 12.1. The fourth-order valence-corrected chi connectivity index (χ4v) is 6.82. The maximum Gasteiger partial charge on any atom is 0.229 e. The average molecular weight is 348 g/mol. The minimum absolute atomic E-state index is 0.00608. The molecule has 0 radical (unpaired) electrons. The van der Waals surface area contributed by atoms with Crippen LogP contribution in [0.25, 0.3) is 10.9 Å². The van der Waals surface area contributed by atoms with Gasteiger partial charge < -0.3 is 9.88 Å². The van der Waals surface area contributed by atoms with E-state index in [-0.39, 0.29) is 5.41 Å². The molecule has 5 aliphatic carbocycles. The maximum absolute atomic E-state index is 13.8. The normalized spacial score (nSPS) is 35.2. The number of aromatic nitrogens is 1. The third-order valence-electron chi connectivity index (χ3n) is 7.71. The van der Waals surface area contributed by atoms with Crippen LogP contribution >= 0.6 is 0 Å². The Morgan fingerprint density at radius 1 is 1.04 bits per heavy atom. The Hall–Kier alpha value is -1.77. The average Bonchev–Trinajstić information content (AvgIpc) is 3.35. The van der Waals surface area contributed by atoms with Crippen LogP contribution in [-0.2, 0) is 11.3 Å². The lowest BCUT2D eigenvalue weighted by Crippen LogP contribution is -2.54. The number of nitrogens with zero attached hydrogens (tertiary/aromatic N) is 1. The number of rotatable bonds is 4. The van der Waals surface area contributed by atoms with Gasteiger partial charge in [-0.1, -0.05) is 12.1 Å². The molecule has 2 aromatic rings. The Morgan fingerprint density at radius 3 is 2.38 bits per heavy atom. The van der Waals surface area contributed by atoms with Gasteiger partial charge in [-0.2, -0.15) is 0 Å². The molecule has 1 aromatic carbocycles. The number of aromatic amines is 1. The second-order valence-electron chi connectivity index (χ2n) is 9.76. The number of carbonyl (C=O) groups is 1. The molecule has 3 heteroatoms. The van der Waals surface area contributed by atoms with Gasteiger partial charge in [-0.15, -0.1) is 0 Å². The van der Waals surface area contributed by atoms with E-state index in [4.69, 9.17) is 0 Å². The fraction of sp³-hybridized carbons (Fsp3) is 0.609. The van der Waals surface area contributed by atoms with Crippen LogP contribution < -0.4 is 0 Å². The number of fused-ring (bicyclic) bond motifs is 1. The van der Waals surface area contributed by atoms with Crippen molar-refractivity contribution in [3.05, 3.63) is 36.0 Å². The summed E-state index contributed by atoms with van der Waals surface area (Å²) in [4.78, 5) is 19.4. The predicted molar refractivity (Wildman–Crippen MR) is 102 cm³/mol. The number of amides is 1. The third-order valence-corrected chi connectivity index (χ3v) is 7.71. The van der Waals surface area contributed by atoms with Crippen molar-refractivity contribution in [2.24, 2.45) is 23.2 Å². The van der Waals surface area contributed by atoms with E-state index in [0.717, 1.165) is 24.3 Å². The van der Waals surface area contributed by atoms with E-state index < -0.39 is 0 Å². The summed E-state index contributed by atoms with van der Waals surface area (Å²) in [5.74, 6) is 3.01. The van der Waals surface area contributed by atoms with Crippen LogP contribution in [0.3, 0.4) is 0 Å². The molecule has 1 aromatic heterocycles. The molecule has 0 atom stereocenters. The Balaban J connectivity index is 1.30. The Bertz CT molecular complexity index is 827. The summed E-state index contributed by atoms with van der Waals surface area (Å²) in [5, 5.41) is 1.25. The summed E-state index contributed by atoms with van der Waals surface area (Å²) in [6.45, 7) is 0.792. The van der Waals surface area contributed by atoms with Crippen molar-refractivity contribution in [3.63, 3.8) is 0 Å². The lowest BCUT2D eigenvalue weighted by molar-refractivity contribution is -0.159. The van der Waals surface area contributed by atoms with Gasteiger partial charge in [0.05, 0.1) is 5.41 Å². The summed E-state index contributed by atoms with van der Waals surface area (Å²) >= 11 is 0. The SMILES string of the molecule is O=C(N(Cc1ccc2cc[nH]c2c1)C1CC1)C12CC3CC(CC(C3)C1)C2. The van der Waals surface area contributed by atoms with E-state index in [1.165, 1.54) is 67.8 Å². The third kappa shape index (κ3) is 2.35. The van der Waals surface area contributed by atoms with Gasteiger partial charge in [0.1, 0.15) is 0 Å². The van der Waals surface area contributed by atoms with Crippen LogP contribution in [0.2, 0.25) is 0 Å². The molecule has 0 unspecified atom stereocenters.